The number of nitrogens with one attached hydrogen (secondary N) is 1. The number of hydrogen-bond donors (Lipinski definition) is 1. The van der Waals surface area contributed by atoms with Crippen LogP contribution in [0.5, 0.6) is 0 Å². The second-order valence-electron chi connectivity index (χ2n) is 6.62. The van der Waals surface area contributed by atoms with Crippen LogP contribution in [0.1, 0.15) is 31.7 Å². The molecule has 0 spiro atoms. The zero-order valence-corrected chi connectivity index (χ0v) is 13.9. The minimum atomic E-state index is 0.935. The minimum Gasteiger partial charge on any atom is -0.378 e. The third-order valence-electron chi connectivity index (χ3n) is 4.49. The number of anilines is 1. The molecule has 21 heavy (non-hydrogen) atoms. The summed E-state index contributed by atoms with van der Waals surface area (Å²) < 4.78 is 0. The number of hydrogen-bond acceptors (Lipinski definition) is 3. The predicted octanol–water partition coefficient (Wildman–Crippen LogP) is 2.96. The summed E-state index contributed by atoms with van der Waals surface area (Å²) in [7, 11) is 4.16. The SMILES string of the molecule is CC1CCN(CCCNCc2ccc(N(C)C)cc2)CC1. The lowest BCUT2D eigenvalue weighted by atomic mass is 9.99. The van der Waals surface area contributed by atoms with Crippen molar-refractivity contribution in [2.24, 2.45) is 5.92 Å². The number of rotatable bonds is 7. The Hall–Kier alpha value is -1.06. The molecule has 3 heteroatoms. The van der Waals surface area contributed by atoms with E-state index >= 15 is 0 Å². The van der Waals surface area contributed by atoms with E-state index in [9.17, 15) is 0 Å². The van der Waals surface area contributed by atoms with Crippen LogP contribution >= 0.6 is 0 Å². The van der Waals surface area contributed by atoms with Gasteiger partial charge in [-0.3, -0.25) is 0 Å². The Balaban J connectivity index is 1.57. The highest BCUT2D eigenvalue weighted by molar-refractivity contribution is 5.45. The van der Waals surface area contributed by atoms with Gasteiger partial charge in [0.15, 0.2) is 0 Å². The van der Waals surface area contributed by atoms with Crippen LogP contribution in [0, 0.1) is 5.92 Å². The van der Waals surface area contributed by atoms with E-state index < -0.39 is 0 Å². The van der Waals surface area contributed by atoms with Gasteiger partial charge in [0, 0.05) is 26.3 Å². The monoisotopic (exact) mass is 289 g/mol. The molecule has 1 N–H and O–H groups in total. The molecule has 1 aliphatic heterocycles. The molecule has 0 aliphatic carbocycles. The van der Waals surface area contributed by atoms with Crippen molar-refractivity contribution >= 4 is 5.69 Å². The van der Waals surface area contributed by atoms with E-state index in [0.717, 1.165) is 19.0 Å². The summed E-state index contributed by atoms with van der Waals surface area (Å²) in [4.78, 5) is 4.75. The van der Waals surface area contributed by atoms with Crippen molar-refractivity contribution in [3.63, 3.8) is 0 Å². The van der Waals surface area contributed by atoms with Gasteiger partial charge in [-0.15, -0.1) is 0 Å². The van der Waals surface area contributed by atoms with E-state index in [1.807, 2.05) is 0 Å². The largest absolute Gasteiger partial charge is 0.378 e. The first-order valence-electron chi connectivity index (χ1n) is 8.34. The Morgan fingerprint density at radius 3 is 2.43 bits per heavy atom. The number of piperidine rings is 1. The summed E-state index contributed by atoms with van der Waals surface area (Å²) in [6.45, 7) is 8.31. The van der Waals surface area contributed by atoms with Crippen LogP contribution in [0.15, 0.2) is 24.3 Å². The third-order valence-corrected chi connectivity index (χ3v) is 4.49. The molecule has 0 bridgehead atoms. The molecule has 1 aliphatic rings. The van der Waals surface area contributed by atoms with Crippen LogP contribution < -0.4 is 10.2 Å². The fraction of sp³-hybridized carbons (Fsp3) is 0.667. The standard InChI is InChI=1S/C18H31N3/c1-16-9-13-21(14-10-16)12-4-11-19-15-17-5-7-18(8-6-17)20(2)3/h5-8,16,19H,4,9-15H2,1-3H3. The molecule has 1 saturated heterocycles. The van der Waals surface area contributed by atoms with Gasteiger partial charge in [-0.1, -0.05) is 19.1 Å². The molecule has 0 amide bonds. The molecule has 0 saturated carbocycles. The van der Waals surface area contributed by atoms with Crippen molar-refractivity contribution in [2.45, 2.75) is 32.7 Å². The van der Waals surface area contributed by atoms with Gasteiger partial charge in [0.25, 0.3) is 0 Å². The third kappa shape index (κ3) is 5.68. The summed E-state index contributed by atoms with van der Waals surface area (Å²) in [6, 6.07) is 8.81. The van der Waals surface area contributed by atoms with Gasteiger partial charge in [-0.25, -0.2) is 0 Å². The first kappa shape index (κ1) is 16.3. The fourth-order valence-corrected chi connectivity index (χ4v) is 2.86. The average molecular weight is 289 g/mol. The van der Waals surface area contributed by atoms with Crippen molar-refractivity contribution in [2.75, 3.05) is 45.2 Å². The fourth-order valence-electron chi connectivity index (χ4n) is 2.86. The van der Waals surface area contributed by atoms with E-state index in [1.165, 1.54) is 50.1 Å². The maximum Gasteiger partial charge on any atom is 0.0361 e. The molecular weight excluding hydrogens is 258 g/mol. The van der Waals surface area contributed by atoms with Gasteiger partial charge in [-0.05, 0) is 69.1 Å². The minimum absolute atomic E-state index is 0.935. The molecule has 0 aromatic heterocycles. The molecule has 1 heterocycles. The summed E-state index contributed by atoms with van der Waals surface area (Å²) in [5.41, 5.74) is 2.63. The summed E-state index contributed by atoms with van der Waals surface area (Å²) in [6.07, 6.45) is 4.02. The second kappa shape index (κ2) is 8.40. The first-order valence-corrected chi connectivity index (χ1v) is 8.34. The van der Waals surface area contributed by atoms with Crippen molar-refractivity contribution in [1.82, 2.24) is 10.2 Å². The quantitative estimate of drug-likeness (QED) is 0.779. The zero-order valence-electron chi connectivity index (χ0n) is 13.9. The lowest BCUT2D eigenvalue weighted by Gasteiger charge is -2.30. The summed E-state index contributed by atoms with van der Waals surface area (Å²) in [5, 5.41) is 3.56. The highest BCUT2D eigenvalue weighted by atomic mass is 15.1. The Labute approximate surface area is 130 Å². The maximum absolute atomic E-state index is 3.56. The summed E-state index contributed by atoms with van der Waals surface area (Å²) >= 11 is 0. The van der Waals surface area contributed by atoms with Crippen LogP contribution in [0.2, 0.25) is 0 Å². The van der Waals surface area contributed by atoms with Crippen LogP contribution in [0.25, 0.3) is 0 Å². The van der Waals surface area contributed by atoms with Crippen LogP contribution in [0.3, 0.4) is 0 Å². The van der Waals surface area contributed by atoms with Crippen molar-refractivity contribution in [1.29, 1.82) is 0 Å². The molecular formula is C18H31N3. The highest BCUT2D eigenvalue weighted by Gasteiger charge is 2.14. The van der Waals surface area contributed by atoms with E-state index in [2.05, 4.69) is 60.4 Å². The second-order valence-corrected chi connectivity index (χ2v) is 6.62. The van der Waals surface area contributed by atoms with Gasteiger partial charge in [0.05, 0.1) is 0 Å². The predicted molar refractivity (Wildman–Crippen MR) is 91.9 cm³/mol. The molecule has 0 atom stereocenters. The van der Waals surface area contributed by atoms with Gasteiger partial charge in [0.2, 0.25) is 0 Å². The molecule has 1 aromatic carbocycles. The van der Waals surface area contributed by atoms with Crippen molar-refractivity contribution in [3.05, 3.63) is 29.8 Å². The van der Waals surface area contributed by atoms with E-state index in [0.29, 0.717) is 0 Å². The van der Waals surface area contributed by atoms with Crippen LogP contribution in [0.4, 0.5) is 5.69 Å². The normalized spacial score (nSPS) is 17.1. The van der Waals surface area contributed by atoms with E-state index in [4.69, 9.17) is 0 Å². The molecule has 3 nitrogen and oxygen atoms in total. The molecule has 1 fully saturated rings. The number of benzene rings is 1. The number of likely N-dealkylation sites (tertiary alicyclic amines) is 1. The Bertz CT molecular complexity index is 391. The maximum atomic E-state index is 3.56. The Kier molecular flexibility index (Phi) is 6.52. The molecule has 0 unspecified atom stereocenters. The Morgan fingerprint density at radius 1 is 1.14 bits per heavy atom. The van der Waals surface area contributed by atoms with Gasteiger partial charge in [-0.2, -0.15) is 0 Å². The average Bonchev–Trinajstić information content (AvgIpc) is 2.49. The summed E-state index contributed by atoms with van der Waals surface area (Å²) in [5.74, 6) is 0.935. The van der Waals surface area contributed by atoms with Gasteiger partial charge >= 0.3 is 0 Å². The Morgan fingerprint density at radius 2 is 1.81 bits per heavy atom. The van der Waals surface area contributed by atoms with Crippen LogP contribution in [-0.4, -0.2) is 45.2 Å². The van der Waals surface area contributed by atoms with Gasteiger partial charge in [0.1, 0.15) is 0 Å². The van der Waals surface area contributed by atoms with E-state index in [-0.39, 0.29) is 0 Å². The smallest absolute Gasteiger partial charge is 0.0361 e. The molecule has 0 radical (unpaired) electrons. The molecule has 2 rings (SSSR count). The highest BCUT2D eigenvalue weighted by Crippen LogP contribution is 2.15. The van der Waals surface area contributed by atoms with Crippen molar-refractivity contribution in [3.8, 4) is 0 Å². The number of nitrogens with zero attached hydrogens (tertiary/aromatic N) is 2. The van der Waals surface area contributed by atoms with Crippen molar-refractivity contribution < 1.29 is 0 Å². The molecule has 1 aromatic rings. The van der Waals surface area contributed by atoms with E-state index in [1.54, 1.807) is 0 Å². The lowest BCUT2D eigenvalue weighted by molar-refractivity contribution is 0.190. The lowest BCUT2D eigenvalue weighted by Crippen LogP contribution is -2.34. The topological polar surface area (TPSA) is 18.5 Å². The van der Waals surface area contributed by atoms with Gasteiger partial charge < -0.3 is 15.1 Å². The molecule has 118 valence electrons. The van der Waals surface area contributed by atoms with Crippen LogP contribution in [-0.2, 0) is 6.54 Å². The first-order chi connectivity index (χ1) is 10.1. The zero-order chi connectivity index (χ0) is 15.1.